The molecule has 130 valence electrons. The average Bonchev–Trinajstić information content (AvgIpc) is 3.09. The van der Waals surface area contributed by atoms with Crippen molar-refractivity contribution < 1.29 is 4.79 Å². The summed E-state index contributed by atoms with van der Waals surface area (Å²) >= 11 is 0. The number of hydrogen-bond acceptors (Lipinski definition) is 3. The lowest BCUT2D eigenvalue weighted by atomic mass is 10.1. The molecule has 1 aromatic carbocycles. The number of hydrogen-bond donors (Lipinski definition) is 2. The topological polar surface area (TPSA) is 78.8 Å². The Balaban J connectivity index is 1.37. The Hall–Kier alpha value is -2.83. The second-order valence-corrected chi connectivity index (χ2v) is 6.74. The fourth-order valence-electron chi connectivity index (χ4n) is 3.31. The predicted octanol–water partition coefficient (Wildman–Crippen LogP) is 2.70. The molecule has 2 N–H and O–H groups in total. The monoisotopic (exact) mass is 338 g/mol. The van der Waals surface area contributed by atoms with Crippen molar-refractivity contribution in [2.24, 2.45) is 0 Å². The number of likely N-dealkylation sites (tertiary alicyclic amines) is 1. The normalized spacial score (nSPS) is 16.0. The van der Waals surface area contributed by atoms with Crippen LogP contribution in [0.4, 0.5) is 4.79 Å². The molecule has 7 nitrogen and oxygen atoms in total. The summed E-state index contributed by atoms with van der Waals surface area (Å²) < 4.78 is 2.02. The van der Waals surface area contributed by atoms with Gasteiger partial charge in [0.25, 0.3) is 0 Å². The summed E-state index contributed by atoms with van der Waals surface area (Å²) in [6, 6.07) is 9.95. The Morgan fingerprint density at radius 3 is 2.76 bits per heavy atom. The molecule has 2 amide bonds. The van der Waals surface area contributed by atoms with Crippen LogP contribution in [-0.4, -0.2) is 43.8 Å². The lowest BCUT2D eigenvalue weighted by Gasteiger charge is -2.40. The standard InChI is InChI=1S/C18H22N6O/c1-11-8-12(2)24(22-11)14-9-23(10-14)18(25)19-13(3)17-20-15-6-4-5-7-16(15)21-17/h4-8,13-14H,9-10H2,1-3H3,(H,19,25)(H,20,21). The van der Waals surface area contributed by atoms with E-state index in [2.05, 4.69) is 26.4 Å². The van der Waals surface area contributed by atoms with E-state index in [0.717, 1.165) is 28.2 Å². The highest BCUT2D eigenvalue weighted by Gasteiger charge is 2.34. The van der Waals surface area contributed by atoms with Gasteiger partial charge in [-0.2, -0.15) is 5.10 Å². The van der Waals surface area contributed by atoms with Crippen LogP contribution in [0, 0.1) is 13.8 Å². The minimum absolute atomic E-state index is 0.0641. The van der Waals surface area contributed by atoms with Crippen LogP contribution in [0.25, 0.3) is 11.0 Å². The maximum absolute atomic E-state index is 12.4. The molecule has 1 unspecified atom stereocenters. The summed E-state index contributed by atoms with van der Waals surface area (Å²) in [6.45, 7) is 7.34. The van der Waals surface area contributed by atoms with Crippen molar-refractivity contribution in [2.45, 2.75) is 32.9 Å². The molecule has 0 spiro atoms. The summed E-state index contributed by atoms with van der Waals surface area (Å²) in [7, 11) is 0. The fourth-order valence-corrected chi connectivity index (χ4v) is 3.31. The van der Waals surface area contributed by atoms with Crippen molar-refractivity contribution in [3.05, 3.63) is 47.5 Å². The number of nitrogens with zero attached hydrogens (tertiary/aromatic N) is 4. The molecule has 0 bridgehead atoms. The van der Waals surface area contributed by atoms with E-state index >= 15 is 0 Å². The van der Waals surface area contributed by atoms with Crippen LogP contribution in [0.15, 0.2) is 30.3 Å². The maximum Gasteiger partial charge on any atom is 0.318 e. The van der Waals surface area contributed by atoms with Gasteiger partial charge in [0.15, 0.2) is 0 Å². The Labute approximate surface area is 146 Å². The van der Waals surface area contributed by atoms with Gasteiger partial charge in [0.1, 0.15) is 5.82 Å². The summed E-state index contributed by atoms with van der Waals surface area (Å²) in [5, 5.41) is 7.52. The van der Waals surface area contributed by atoms with Gasteiger partial charge in [-0.1, -0.05) is 12.1 Å². The quantitative estimate of drug-likeness (QED) is 0.771. The van der Waals surface area contributed by atoms with E-state index in [1.807, 2.05) is 49.7 Å². The Morgan fingerprint density at radius 2 is 2.08 bits per heavy atom. The highest BCUT2D eigenvalue weighted by Crippen LogP contribution is 2.23. The largest absolute Gasteiger partial charge is 0.340 e. The second-order valence-electron chi connectivity index (χ2n) is 6.74. The van der Waals surface area contributed by atoms with Crippen molar-refractivity contribution in [3.63, 3.8) is 0 Å². The molecule has 7 heteroatoms. The molecule has 1 saturated heterocycles. The average molecular weight is 338 g/mol. The first-order valence-corrected chi connectivity index (χ1v) is 8.54. The summed E-state index contributed by atoms with van der Waals surface area (Å²) in [4.78, 5) is 22.0. The van der Waals surface area contributed by atoms with E-state index in [9.17, 15) is 4.79 Å². The van der Waals surface area contributed by atoms with Crippen LogP contribution >= 0.6 is 0 Å². The van der Waals surface area contributed by atoms with Gasteiger partial charge in [0.2, 0.25) is 0 Å². The number of carbonyl (C=O) groups excluding carboxylic acids is 1. The number of fused-ring (bicyclic) bond motifs is 1. The molecular formula is C18H22N6O. The van der Waals surface area contributed by atoms with Crippen molar-refractivity contribution in [1.29, 1.82) is 0 Å². The third-order valence-corrected chi connectivity index (χ3v) is 4.70. The van der Waals surface area contributed by atoms with E-state index in [4.69, 9.17) is 0 Å². The number of aromatic amines is 1. The zero-order chi connectivity index (χ0) is 17.6. The highest BCUT2D eigenvalue weighted by molar-refractivity contribution is 5.77. The molecule has 2 aromatic heterocycles. The minimum atomic E-state index is -0.173. The molecule has 3 heterocycles. The smallest absolute Gasteiger partial charge is 0.318 e. The van der Waals surface area contributed by atoms with Crippen LogP contribution in [0.1, 0.15) is 36.2 Å². The summed E-state index contributed by atoms with van der Waals surface area (Å²) in [5.41, 5.74) is 4.04. The number of H-pyrrole nitrogens is 1. The first kappa shape index (κ1) is 15.7. The van der Waals surface area contributed by atoms with Crippen molar-refractivity contribution in [1.82, 2.24) is 30.0 Å². The van der Waals surface area contributed by atoms with E-state index < -0.39 is 0 Å². The van der Waals surface area contributed by atoms with Crippen LogP contribution in [0.2, 0.25) is 0 Å². The number of para-hydroxylation sites is 2. The molecule has 1 atom stereocenters. The molecule has 1 aliphatic heterocycles. The number of carbonyl (C=O) groups is 1. The number of aromatic nitrogens is 4. The van der Waals surface area contributed by atoms with E-state index in [-0.39, 0.29) is 18.1 Å². The molecule has 0 saturated carbocycles. The Morgan fingerprint density at radius 1 is 1.32 bits per heavy atom. The van der Waals surface area contributed by atoms with Crippen LogP contribution < -0.4 is 5.32 Å². The number of urea groups is 1. The third kappa shape index (κ3) is 2.86. The van der Waals surface area contributed by atoms with Gasteiger partial charge in [0.05, 0.1) is 28.8 Å². The van der Waals surface area contributed by atoms with Gasteiger partial charge >= 0.3 is 6.03 Å². The number of aryl methyl sites for hydroxylation is 2. The Kier molecular flexibility index (Phi) is 3.71. The molecule has 25 heavy (non-hydrogen) atoms. The molecule has 1 aliphatic rings. The maximum atomic E-state index is 12.4. The van der Waals surface area contributed by atoms with Gasteiger partial charge in [0, 0.05) is 18.8 Å². The third-order valence-electron chi connectivity index (χ3n) is 4.70. The van der Waals surface area contributed by atoms with Crippen molar-refractivity contribution in [3.8, 4) is 0 Å². The molecule has 1 fully saturated rings. The summed E-state index contributed by atoms with van der Waals surface area (Å²) in [6.07, 6.45) is 0. The molecule has 4 rings (SSSR count). The first-order chi connectivity index (χ1) is 12.0. The number of rotatable bonds is 3. The van der Waals surface area contributed by atoms with Gasteiger partial charge in [-0.05, 0) is 39.0 Å². The molecule has 0 aliphatic carbocycles. The second kappa shape index (κ2) is 5.91. The minimum Gasteiger partial charge on any atom is -0.340 e. The zero-order valence-electron chi connectivity index (χ0n) is 14.7. The van der Waals surface area contributed by atoms with E-state index in [1.54, 1.807) is 4.90 Å². The first-order valence-electron chi connectivity index (χ1n) is 8.54. The lowest BCUT2D eigenvalue weighted by molar-refractivity contribution is 0.115. The lowest BCUT2D eigenvalue weighted by Crippen LogP contribution is -2.55. The number of nitrogens with one attached hydrogen (secondary N) is 2. The Bertz CT molecular complexity index is 888. The SMILES string of the molecule is Cc1cc(C)n(C2CN(C(=O)NC(C)c3nc4ccccc4[nH]3)C2)n1. The zero-order valence-corrected chi connectivity index (χ0v) is 14.7. The van der Waals surface area contributed by atoms with Gasteiger partial charge in [-0.25, -0.2) is 9.78 Å². The van der Waals surface area contributed by atoms with E-state index in [1.165, 1.54) is 0 Å². The van der Waals surface area contributed by atoms with Gasteiger partial charge < -0.3 is 15.2 Å². The van der Waals surface area contributed by atoms with E-state index in [0.29, 0.717) is 13.1 Å². The van der Waals surface area contributed by atoms with Crippen LogP contribution in [0.3, 0.4) is 0 Å². The molecule has 0 radical (unpaired) electrons. The van der Waals surface area contributed by atoms with Gasteiger partial charge in [-0.15, -0.1) is 0 Å². The predicted molar refractivity (Wildman–Crippen MR) is 95.4 cm³/mol. The molecule has 3 aromatic rings. The number of benzene rings is 1. The van der Waals surface area contributed by atoms with Crippen molar-refractivity contribution >= 4 is 17.1 Å². The highest BCUT2D eigenvalue weighted by atomic mass is 16.2. The molecular weight excluding hydrogens is 316 g/mol. The summed E-state index contributed by atoms with van der Waals surface area (Å²) in [5.74, 6) is 0.769. The number of amides is 2. The van der Waals surface area contributed by atoms with Gasteiger partial charge in [-0.3, -0.25) is 4.68 Å². The van der Waals surface area contributed by atoms with Crippen molar-refractivity contribution in [2.75, 3.05) is 13.1 Å². The van der Waals surface area contributed by atoms with Crippen LogP contribution in [-0.2, 0) is 0 Å². The number of imidazole rings is 1. The van der Waals surface area contributed by atoms with Crippen LogP contribution in [0.5, 0.6) is 0 Å². The fraction of sp³-hybridized carbons (Fsp3) is 0.389.